The number of ether oxygens (including phenoxy) is 1. The lowest BCUT2D eigenvalue weighted by molar-refractivity contribution is -0.119. The molecule has 1 aromatic heterocycles. The van der Waals surface area contributed by atoms with Crippen molar-refractivity contribution in [3.63, 3.8) is 0 Å². The van der Waals surface area contributed by atoms with E-state index in [1.807, 2.05) is 6.07 Å². The van der Waals surface area contributed by atoms with Gasteiger partial charge in [0, 0.05) is 12.2 Å². The van der Waals surface area contributed by atoms with Gasteiger partial charge in [-0.15, -0.1) is 11.3 Å². The van der Waals surface area contributed by atoms with Crippen molar-refractivity contribution in [2.45, 2.75) is 23.1 Å². The molecule has 2 aromatic rings. The van der Waals surface area contributed by atoms with Crippen LogP contribution in [0, 0.1) is 11.3 Å². The first-order chi connectivity index (χ1) is 12.9. The largest absolute Gasteiger partial charge is 0.479 e. The molecule has 7 nitrogen and oxygen atoms in total. The number of hydrogen-bond donors (Lipinski definition) is 1. The average molecular weight is 426 g/mol. The summed E-state index contributed by atoms with van der Waals surface area (Å²) in [5.41, 5.74) is 0.521. The molecule has 0 spiro atoms. The molecule has 10 heteroatoms. The molecule has 1 N–H and O–H groups in total. The van der Waals surface area contributed by atoms with Crippen LogP contribution in [-0.4, -0.2) is 37.8 Å². The number of nitrogens with one attached hydrogen (secondary N) is 1. The average Bonchev–Trinajstić information content (AvgIpc) is 3.31. The summed E-state index contributed by atoms with van der Waals surface area (Å²) in [6, 6.07) is 10.6. The maximum Gasteiger partial charge on any atom is 0.253 e. The molecule has 1 saturated heterocycles. The fourth-order valence-electron chi connectivity index (χ4n) is 2.82. The Morgan fingerprint density at radius 1 is 1.33 bits per heavy atom. The van der Waals surface area contributed by atoms with E-state index < -0.39 is 16.1 Å². The molecule has 1 aromatic carbocycles. The van der Waals surface area contributed by atoms with Gasteiger partial charge in [-0.25, -0.2) is 8.42 Å². The van der Waals surface area contributed by atoms with E-state index >= 15 is 0 Å². The molecule has 0 bridgehead atoms. The van der Waals surface area contributed by atoms with E-state index in [1.165, 1.54) is 16.4 Å². The molecule has 1 aliphatic rings. The minimum Gasteiger partial charge on any atom is -0.479 e. The number of benzene rings is 1. The van der Waals surface area contributed by atoms with Crippen molar-refractivity contribution in [1.82, 2.24) is 4.31 Å². The van der Waals surface area contributed by atoms with Crippen molar-refractivity contribution >= 4 is 44.6 Å². The van der Waals surface area contributed by atoms with E-state index in [-0.39, 0.29) is 23.3 Å². The number of rotatable bonds is 6. The second-order valence-corrected chi connectivity index (χ2v) is 9.63. The maximum absolute atomic E-state index is 12.8. The SMILES string of the molecule is N#CCOc1ccc(NC(=O)[C@H]2CCCN2S(=O)(=O)c2ccc(Cl)s2)cc1. The molecule has 1 aliphatic heterocycles. The fourth-order valence-corrected chi connectivity index (χ4v) is 6.09. The van der Waals surface area contributed by atoms with Crippen molar-refractivity contribution in [2.75, 3.05) is 18.5 Å². The molecule has 1 fully saturated rings. The summed E-state index contributed by atoms with van der Waals surface area (Å²) in [5, 5.41) is 11.2. The summed E-state index contributed by atoms with van der Waals surface area (Å²) in [6.07, 6.45) is 1.06. The van der Waals surface area contributed by atoms with E-state index in [4.69, 9.17) is 21.6 Å². The van der Waals surface area contributed by atoms with E-state index in [9.17, 15) is 13.2 Å². The van der Waals surface area contributed by atoms with Gasteiger partial charge in [0.25, 0.3) is 10.0 Å². The van der Waals surface area contributed by atoms with Crippen LogP contribution in [0.25, 0.3) is 0 Å². The standard InChI is InChI=1S/C17H16ClN3O4S2/c18-15-7-8-16(26-15)27(23,24)21-10-1-2-14(21)17(22)20-12-3-5-13(6-4-12)25-11-9-19/h3-8,14H,1-2,10-11H2,(H,20,22)/t14-/m1/s1. The molecule has 1 atom stereocenters. The van der Waals surface area contributed by atoms with Crippen molar-refractivity contribution in [3.8, 4) is 11.8 Å². The lowest BCUT2D eigenvalue weighted by Gasteiger charge is -2.22. The Balaban J connectivity index is 1.71. The van der Waals surface area contributed by atoms with E-state index in [0.29, 0.717) is 28.6 Å². The Labute approximate surface area is 166 Å². The molecule has 27 heavy (non-hydrogen) atoms. The van der Waals surface area contributed by atoms with Gasteiger partial charge in [-0.05, 0) is 49.2 Å². The predicted molar refractivity (Wildman–Crippen MR) is 102 cm³/mol. The quantitative estimate of drug-likeness (QED) is 0.766. The van der Waals surface area contributed by atoms with Crippen LogP contribution in [0.5, 0.6) is 5.75 Å². The zero-order valence-corrected chi connectivity index (χ0v) is 16.5. The van der Waals surface area contributed by atoms with Crippen molar-refractivity contribution in [1.29, 1.82) is 5.26 Å². The second kappa shape index (κ2) is 8.27. The molecule has 0 saturated carbocycles. The zero-order chi connectivity index (χ0) is 19.4. The second-order valence-electron chi connectivity index (χ2n) is 5.79. The maximum atomic E-state index is 12.8. The van der Waals surface area contributed by atoms with Crippen LogP contribution in [0.4, 0.5) is 5.69 Å². The third kappa shape index (κ3) is 4.42. The smallest absolute Gasteiger partial charge is 0.253 e. The normalized spacial score (nSPS) is 17.4. The molecule has 2 heterocycles. The molecule has 142 valence electrons. The molecular formula is C17H16ClN3O4S2. The highest BCUT2D eigenvalue weighted by molar-refractivity contribution is 7.91. The number of anilines is 1. The van der Waals surface area contributed by atoms with Crippen LogP contribution in [0.15, 0.2) is 40.6 Å². The van der Waals surface area contributed by atoms with E-state index in [1.54, 1.807) is 24.3 Å². The minimum absolute atomic E-state index is 0.0622. The van der Waals surface area contributed by atoms with Gasteiger partial charge in [0.05, 0.1) is 4.34 Å². The summed E-state index contributed by atoms with van der Waals surface area (Å²) < 4.78 is 32.5. The van der Waals surface area contributed by atoms with E-state index in [2.05, 4.69) is 5.32 Å². The summed E-state index contributed by atoms with van der Waals surface area (Å²) in [4.78, 5) is 12.7. The zero-order valence-electron chi connectivity index (χ0n) is 14.1. The van der Waals surface area contributed by atoms with Gasteiger partial charge in [-0.1, -0.05) is 11.6 Å². The highest BCUT2D eigenvalue weighted by Crippen LogP contribution is 2.32. The summed E-state index contributed by atoms with van der Waals surface area (Å²) in [7, 11) is -3.77. The first-order valence-corrected chi connectivity index (χ1v) is 10.7. The van der Waals surface area contributed by atoms with Crippen LogP contribution in [0.3, 0.4) is 0 Å². The monoisotopic (exact) mass is 425 g/mol. The number of sulfonamides is 1. The third-order valence-electron chi connectivity index (χ3n) is 4.04. The fraction of sp³-hybridized carbons (Fsp3) is 0.294. The van der Waals surface area contributed by atoms with Crippen LogP contribution in [0.1, 0.15) is 12.8 Å². The Morgan fingerprint density at radius 2 is 2.07 bits per heavy atom. The summed E-state index contributed by atoms with van der Waals surface area (Å²) >= 11 is 6.83. The number of hydrogen-bond acceptors (Lipinski definition) is 6. The number of carbonyl (C=O) groups excluding carboxylic acids is 1. The van der Waals surface area contributed by atoms with Crippen LogP contribution in [-0.2, 0) is 14.8 Å². The summed E-state index contributed by atoms with van der Waals surface area (Å²) in [5.74, 6) is 0.124. The first-order valence-electron chi connectivity index (χ1n) is 8.09. The van der Waals surface area contributed by atoms with Gasteiger partial charge in [0.1, 0.15) is 22.1 Å². The minimum atomic E-state index is -3.77. The first kappa shape index (κ1) is 19.6. The number of amides is 1. The molecule has 0 unspecified atom stereocenters. The van der Waals surface area contributed by atoms with Gasteiger partial charge in [-0.3, -0.25) is 4.79 Å². The molecule has 0 aliphatic carbocycles. The van der Waals surface area contributed by atoms with Gasteiger partial charge in [0.2, 0.25) is 5.91 Å². The topological polar surface area (TPSA) is 99.5 Å². The Hall–Kier alpha value is -2.12. The number of nitrogens with zero attached hydrogens (tertiary/aromatic N) is 2. The molecule has 3 rings (SSSR count). The lowest BCUT2D eigenvalue weighted by atomic mass is 10.2. The van der Waals surface area contributed by atoms with Gasteiger partial charge in [0.15, 0.2) is 6.61 Å². The number of nitriles is 1. The summed E-state index contributed by atoms with van der Waals surface area (Å²) in [6.45, 7) is 0.226. The molecule has 1 amide bonds. The van der Waals surface area contributed by atoms with Crippen LogP contribution >= 0.6 is 22.9 Å². The third-order valence-corrected chi connectivity index (χ3v) is 7.65. The highest BCUT2D eigenvalue weighted by Gasteiger charge is 2.40. The number of thiophene rings is 1. The van der Waals surface area contributed by atoms with Crippen molar-refractivity contribution in [3.05, 3.63) is 40.7 Å². The van der Waals surface area contributed by atoms with Crippen molar-refractivity contribution in [2.24, 2.45) is 0 Å². The number of halogens is 1. The number of carbonyl (C=O) groups is 1. The Kier molecular flexibility index (Phi) is 6.01. The Morgan fingerprint density at radius 3 is 2.70 bits per heavy atom. The Bertz CT molecular complexity index is 967. The van der Waals surface area contributed by atoms with Gasteiger partial charge >= 0.3 is 0 Å². The van der Waals surface area contributed by atoms with Crippen LogP contribution < -0.4 is 10.1 Å². The molecule has 0 radical (unpaired) electrons. The van der Waals surface area contributed by atoms with Crippen LogP contribution in [0.2, 0.25) is 4.34 Å². The highest BCUT2D eigenvalue weighted by atomic mass is 35.5. The van der Waals surface area contributed by atoms with E-state index in [0.717, 1.165) is 11.3 Å². The lowest BCUT2D eigenvalue weighted by Crippen LogP contribution is -2.42. The predicted octanol–water partition coefficient (Wildman–Crippen LogP) is 3.10. The van der Waals surface area contributed by atoms with Crippen molar-refractivity contribution < 1.29 is 17.9 Å². The van der Waals surface area contributed by atoms with Gasteiger partial charge in [-0.2, -0.15) is 9.57 Å². The molecular weight excluding hydrogens is 410 g/mol. The van der Waals surface area contributed by atoms with Gasteiger partial charge < -0.3 is 10.1 Å².